The van der Waals surface area contributed by atoms with Gasteiger partial charge < -0.3 is 4.98 Å². The summed E-state index contributed by atoms with van der Waals surface area (Å²) in [4.78, 5) is 10.9. The van der Waals surface area contributed by atoms with Crippen molar-refractivity contribution in [2.75, 3.05) is 0 Å². The molecule has 0 aliphatic rings. The molecule has 0 unspecified atom stereocenters. The molecule has 0 fully saturated rings. The van der Waals surface area contributed by atoms with Crippen LogP contribution >= 0.6 is 0 Å². The Balaban J connectivity index is 2.55. The normalized spacial score (nSPS) is 10.5. The molecule has 0 saturated carbocycles. The van der Waals surface area contributed by atoms with Gasteiger partial charge in [-0.2, -0.15) is 0 Å². The number of nitrogens with zero attached hydrogens (tertiary/aromatic N) is 2. The average Bonchev–Trinajstić information content (AvgIpc) is 2.48. The maximum absolute atomic E-state index is 13.3. The van der Waals surface area contributed by atoms with E-state index in [2.05, 4.69) is 15.0 Å². The van der Waals surface area contributed by atoms with E-state index in [0.717, 1.165) is 11.4 Å². The predicted molar refractivity (Wildman–Crippen MR) is 51.3 cm³/mol. The van der Waals surface area contributed by atoms with Crippen LogP contribution < -0.4 is 0 Å². The van der Waals surface area contributed by atoms with E-state index < -0.39 is 0 Å². The van der Waals surface area contributed by atoms with Crippen LogP contribution in [0.15, 0.2) is 18.5 Å². The molecule has 0 spiro atoms. The molecule has 2 aromatic heterocycles. The van der Waals surface area contributed by atoms with Crippen molar-refractivity contribution in [1.82, 2.24) is 15.0 Å². The molecule has 0 radical (unpaired) electrons. The Morgan fingerprint density at radius 3 is 2.71 bits per heavy atom. The van der Waals surface area contributed by atoms with Crippen molar-refractivity contribution in [3.63, 3.8) is 0 Å². The van der Waals surface area contributed by atoms with Gasteiger partial charge in [0.15, 0.2) is 5.82 Å². The summed E-state index contributed by atoms with van der Waals surface area (Å²) in [5, 5.41) is 0. The molecule has 14 heavy (non-hydrogen) atoms. The highest BCUT2D eigenvalue weighted by atomic mass is 19.1. The van der Waals surface area contributed by atoms with Crippen LogP contribution in [0.5, 0.6) is 0 Å². The van der Waals surface area contributed by atoms with E-state index in [1.807, 2.05) is 13.8 Å². The van der Waals surface area contributed by atoms with Crippen LogP contribution in [-0.2, 0) is 0 Å². The summed E-state index contributed by atoms with van der Waals surface area (Å²) in [7, 11) is 0. The van der Waals surface area contributed by atoms with Gasteiger partial charge in [-0.15, -0.1) is 0 Å². The number of pyridine rings is 1. The van der Waals surface area contributed by atoms with Crippen LogP contribution in [0.2, 0.25) is 0 Å². The van der Waals surface area contributed by atoms with E-state index in [1.54, 1.807) is 12.3 Å². The number of aromatic nitrogens is 3. The van der Waals surface area contributed by atoms with E-state index in [1.165, 1.54) is 6.20 Å². The predicted octanol–water partition coefficient (Wildman–Crippen LogP) is 2.23. The molecule has 0 saturated heterocycles. The summed E-state index contributed by atoms with van der Waals surface area (Å²) in [5.74, 6) is 0.196. The molecule has 1 N–H and O–H groups in total. The largest absolute Gasteiger partial charge is 0.342 e. The van der Waals surface area contributed by atoms with Gasteiger partial charge in [-0.1, -0.05) is 0 Å². The number of halogens is 1. The zero-order chi connectivity index (χ0) is 10.1. The maximum Gasteiger partial charge on any atom is 0.152 e. The van der Waals surface area contributed by atoms with Gasteiger partial charge in [0.05, 0.1) is 17.5 Å². The first-order valence-corrected chi connectivity index (χ1v) is 4.31. The minimum absolute atomic E-state index is 0.360. The van der Waals surface area contributed by atoms with E-state index in [-0.39, 0.29) is 5.82 Å². The second-order valence-electron chi connectivity index (χ2n) is 3.15. The van der Waals surface area contributed by atoms with Gasteiger partial charge in [0.1, 0.15) is 5.82 Å². The second-order valence-corrected chi connectivity index (χ2v) is 3.15. The van der Waals surface area contributed by atoms with Gasteiger partial charge in [-0.25, -0.2) is 9.37 Å². The molecule has 0 atom stereocenters. The van der Waals surface area contributed by atoms with E-state index >= 15 is 0 Å². The van der Waals surface area contributed by atoms with Crippen molar-refractivity contribution in [2.45, 2.75) is 13.8 Å². The molecule has 0 aromatic carbocycles. The quantitative estimate of drug-likeness (QED) is 0.750. The van der Waals surface area contributed by atoms with Gasteiger partial charge in [-0.05, 0) is 19.9 Å². The molecular weight excluding hydrogens is 181 g/mol. The van der Waals surface area contributed by atoms with Crippen LogP contribution in [0.1, 0.15) is 11.4 Å². The molecule has 0 amide bonds. The fourth-order valence-electron chi connectivity index (χ4n) is 1.24. The first kappa shape index (κ1) is 8.87. The monoisotopic (exact) mass is 191 g/mol. The first-order chi connectivity index (χ1) is 6.68. The molecular formula is C10H10FN3. The number of nitrogens with one attached hydrogen (secondary N) is 1. The molecule has 0 aliphatic carbocycles. The zero-order valence-electron chi connectivity index (χ0n) is 8.00. The van der Waals surface area contributed by atoms with Crippen LogP contribution in [0.4, 0.5) is 4.39 Å². The molecule has 0 aliphatic heterocycles. The number of imidazole rings is 1. The summed E-state index contributed by atoms with van der Waals surface area (Å²) in [5.41, 5.74) is 2.30. The molecule has 2 rings (SSSR count). The minimum atomic E-state index is -0.360. The third-order valence-electron chi connectivity index (χ3n) is 2.16. The van der Waals surface area contributed by atoms with E-state index in [0.29, 0.717) is 11.4 Å². The summed E-state index contributed by atoms with van der Waals surface area (Å²) in [6.45, 7) is 3.79. The Morgan fingerprint density at radius 2 is 2.14 bits per heavy atom. The number of H-pyrrole nitrogens is 1. The highest BCUT2D eigenvalue weighted by Gasteiger charge is 2.09. The van der Waals surface area contributed by atoms with Crippen molar-refractivity contribution in [3.05, 3.63) is 35.7 Å². The highest BCUT2D eigenvalue weighted by molar-refractivity contribution is 5.55. The summed E-state index contributed by atoms with van der Waals surface area (Å²) >= 11 is 0. The van der Waals surface area contributed by atoms with Crippen molar-refractivity contribution < 1.29 is 4.39 Å². The Morgan fingerprint density at radius 1 is 1.36 bits per heavy atom. The fourth-order valence-corrected chi connectivity index (χ4v) is 1.24. The topological polar surface area (TPSA) is 41.6 Å². The standard InChI is InChI=1S/C10H10FN3/c1-6-7(2)14-10(13-6)8-3-4-12-5-9(8)11/h3-5H,1-2H3,(H,13,14). The van der Waals surface area contributed by atoms with Crippen molar-refractivity contribution in [3.8, 4) is 11.4 Å². The van der Waals surface area contributed by atoms with Crippen molar-refractivity contribution in [2.24, 2.45) is 0 Å². The SMILES string of the molecule is Cc1nc(-c2ccncc2F)[nH]c1C. The maximum atomic E-state index is 13.3. The smallest absolute Gasteiger partial charge is 0.152 e. The number of aryl methyl sites for hydroxylation is 2. The number of rotatable bonds is 1. The molecule has 0 bridgehead atoms. The van der Waals surface area contributed by atoms with Crippen LogP contribution in [0, 0.1) is 19.7 Å². The minimum Gasteiger partial charge on any atom is -0.342 e. The number of aromatic amines is 1. The van der Waals surface area contributed by atoms with Gasteiger partial charge in [0, 0.05) is 11.9 Å². The van der Waals surface area contributed by atoms with Gasteiger partial charge in [-0.3, -0.25) is 4.98 Å². The first-order valence-electron chi connectivity index (χ1n) is 4.31. The summed E-state index contributed by atoms with van der Waals surface area (Å²) in [6.07, 6.45) is 2.73. The van der Waals surface area contributed by atoms with Gasteiger partial charge in [0.25, 0.3) is 0 Å². The van der Waals surface area contributed by atoms with E-state index in [4.69, 9.17) is 0 Å². The number of hydrogen-bond acceptors (Lipinski definition) is 2. The van der Waals surface area contributed by atoms with Crippen LogP contribution in [0.25, 0.3) is 11.4 Å². The lowest BCUT2D eigenvalue weighted by molar-refractivity contribution is 0.624. The Bertz CT molecular complexity index is 443. The molecule has 3 nitrogen and oxygen atoms in total. The molecule has 2 heterocycles. The molecule has 4 heteroatoms. The Hall–Kier alpha value is -1.71. The van der Waals surface area contributed by atoms with Gasteiger partial charge in [0.2, 0.25) is 0 Å². The third-order valence-corrected chi connectivity index (χ3v) is 2.16. The van der Waals surface area contributed by atoms with Crippen LogP contribution in [0.3, 0.4) is 0 Å². The highest BCUT2D eigenvalue weighted by Crippen LogP contribution is 2.19. The fraction of sp³-hybridized carbons (Fsp3) is 0.200. The summed E-state index contributed by atoms with van der Waals surface area (Å²) < 4.78 is 13.3. The third kappa shape index (κ3) is 1.39. The lowest BCUT2D eigenvalue weighted by atomic mass is 10.2. The van der Waals surface area contributed by atoms with Crippen LogP contribution in [-0.4, -0.2) is 15.0 Å². The zero-order valence-corrected chi connectivity index (χ0v) is 8.00. The average molecular weight is 191 g/mol. The summed E-state index contributed by atoms with van der Waals surface area (Å²) in [6, 6.07) is 1.60. The molecule has 2 aromatic rings. The van der Waals surface area contributed by atoms with E-state index in [9.17, 15) is 4.39 Å². The lowest BCUT2D eigenvalue weighted by Crippen LogP contribution is -1.87. The molecule has 72 valence electrons. The van der Waals surface area contributed by atoms with Gasteiger partial charge >= 0.3 is 0 Å². The Kier molecular flexibility index (Phi) is 2.04. The van der Waals surface area contributed by atoms with Crippen molar-refractivity contribution >= 4 is 0 Å². The van der Waals surface area contributed by atoms with Crippen molar-refractivity contribution in [1.29, 1.82) is 0 Å². The lowest BCUT2D eigenvalue weighted by Gasteiger charge is -1.96. The Labute approximate surface area is 81.0 Å². The second kappa shape index (κ2) is 3.21. The number of hydrogen-bond donors (Lipinski definition) is 1.